The fourth-order valence-electron chi connectivity index (χ4n) is 1.83. The molecular formula is C13H19NS. The van der Waals surface area contributed by atoms with Gasteiger partial charge in [-0.25, -0.2) is 0 Å². The number of nitrogens with two attached hydrogens (primary N) is 1. The third kappa shape index (κ3) is 2.76. The summed E-state index contributed by atoms with van der Waals surface area (Å²) in [5, 5.41) is 0. The Balaban J connectivity index is 1.81. The molecular weight excluding hydrogens is 202 g/mol. The van der Waals surface area contributed by atoms with Gasteiger partial charge in [-0.1, -0.05) is 18.2 Å². The number of benzene rings is 1. The molecule has 0 atom stereocenters. The predicted molar refractivity (Wildman–Crippen MR) is 67.2 cm³/mol. The summed E-state index contributed by atoms with van der Waals surface area (Å²) >= 11 is 1.97. The highest BCUT2D eigenvalue weighted by atomic mass is 32.2. The first-order chi connectivity index (χ1) is 7.26. The summed E-state index contributed by atoms with van der Waals surface area (Å²) in [6, 6.07) is 8.60. The summed E-state index contributed by atoms with van der Waals surface area (Å²) in [5.74, 6) is 1.21. The molecule has 0 radical (unpaired) electrons. The highest BCUT2D eigenvalue weighted by Crippen LogP contribution is 2.48. The summed E-state index contributed by atoms with van der Waals surface area (Å²) < 4.78 is 0. The molecule has 2 N–H and O–H groups in total. The van der Waals surface area contributed by atoms with Crippen LogP contribution in [0.25, 0.3) is 0 Å². The maximum absolute atomic E-state index is 5.77. The number of thioether (sulfide) groups is 1. The Bertz CT molecular complexity index is 331. The van der Waals surface area contributed by atoms with E-state index < -0.39 is 0 Å². The molecule has 1 fully saturated rings. The van der Waals surface area contributed by atoms with E-state index in [4.69, 9.17) is 5.73 Å². The van der Waals surface area contributed by atoms with Gasteiger partial charge in [0, 0.05) is 4.90 Å². The summed E-state index contributed by atoms with van der Waals surface area (Å²) in [7, 11) is 0. The highest BCUT2D eigenvalue weighted by Gasteiger charge is 2.40. The second kappa shape index (κ2) is 4.58. The van der Waals surface area contributed by atoms with Crippen molar-refractivity contribution in [1.29, 1.82) is 0 Å². The minimum Gasteiger partial charge on any atom is -0.330 e. The van der Waals surface area contributed by atoms with E-state index in [1.807, 2.05) is 11.8 Å². The van der Waals surface area contributed by atoms with E-state index in [9.17, 15) is 0 Å². The van der Waals surface area contributed by atoms with Crippen molar-refractivity contribution in [2.75, 3.05) is 12.3 Å². The molecule has 1 aromatic rings. The molecule has 0 heterocycles. The summed E-state index contributed by atoms with van der Waals surface area (Å²) in [4.78, 5) is 1.42. The van der Waals surface area contributed by atoms with Crippen molar-refractivity contribution in [1.82, 2.24) is 0 Å². The van der Waals surface area contributed by atoms with Crippen LogP contribution in [0.5, 0.6) is 0 Å². The van der Waals surface area contributed by atoms with Crippen LogP contribution in [-0.2, 0) is 0 Å². The first-order valence-corrected chi connectivity index (χ1v) is 6.63. The lowest BCUT2D eigenvalue weighted by atomic mass is 10.1. The van der Waals surface area contributed by atoms with Gasteiger partial charge in [-0.15, -0.1) is 11.8 Å². The van der Waals surface area contributed by atoms with Gasteiger partial charge >= 0.3 is 0 Å². The zero-order valence-electron chi connectivity index (χ0n) is 9.33. The Morgan fingerprint density at radius 1 is 1.33 bits per heavy atom. The zero-order chi connectivity index (χ0) is 10.7. The van der Waals surface area contributed by atoms with Gasteiger partial charge in [0.1, 0.15) is 0 Å². The Hall–Kier alpha value is -0.470. The summed E-state index contributed by atoms with van der Waals surface area (Å²) in [6.07, 6.45) is 3.97. The van der Waals surface area contributed by atoms with Crippen LogP contribution in [-0.4, -0.2) is 12.3 Å². The van der Waals surface area contributed by atoms with E-state index in [0.29, 0.717) is 5.41 Å². The van der Waals surface area contributed by atoms with Crippen LogP contribution in [0.1, 0.15) is 24.8 Å². The van der Waals surface area contributed by atoms with Crippen LogP contribution in [0.3, 0.4) is 0 Å². The largest absolute Gasteiger partial charge is 0.330 e. The maximum atomic E-state index is 5.77. The smallest absolute Gasteiger partial charge is 0.0101 e. The minimum atomic E-state index is 0.523. The molecule has 82 valence electrons. The summed E-state index contributed by atoms with van der Waals surface area (Å²) in [6.45, 7) is 3.06. The van der Waals surface area contributed by atoms with Crippen LogP contribution < -0.4 is 5.73 Å². The number of aryl methyl sites for hydroxylation is 1. The lowest BCUT2D eigenvalue weighted by Gasteiger charge is -2.11. The lowest BCUT2D eigenvalue weighted by molar-refractivity contribution is 0.509. The number of rotatable bonds is 5. The van der Waals surface area contributed by atoms with E-state index in [1.54, 1.807) is 0 Å². The van der Waals surface area contributed by atoms with Gasteiger partial charge in [0.15, 0.2) is 0 Å². The lowest BCUT2D eigenvalue weighted by Crippen LogP contribution is -2.15. The average Bonchev–Trinajstić information content (AvgIpc) is 3.02. The molecule has 0 saturated heterocycles. The summed E-state index contributed by atoms with van der Waals surface area (Å²) in [5.41, 5.74) is 7.68. The third-order valence-corrected chi connectivity index (χ3v) is 4.55. The standard InChI is InChI=1S/C13H19NS/c1-11-4-2-3-5-12(11)15-9-8-13(10-14)6-7-13/h2-5H,6-10,14H2,1H3. The average molecular weight is 221 g/mol. The van der Waals surface area contributed by atoms with Crippen molar-refractivity contribution >= 4 is 11.8 Å². The van der Waals surface area contributed by atoms with Crippen molar-refractivity contribution in [2.45, 2.75) is 31.1 Å². The molecule has 1 nitrogen and oxygen atoms in total. The molecule has 0 aliphatic heterocycles. The molecule has 0 aromatic heterocycles. The van der Waals surface area contributed by atoms with Gasteiger partial charge in [-0.3, -0.25) is 0 Å². The quantitative estimate of drug-likeness (QED) is 0.773. The zero-order valence-corrected chi connectivity index (χ0v) is 10.1. The van der Waals surface area contributed by atoms with E-state index in [2.05, 4.69) is 31.2 Å². The van der Waals surface area contributed by atoms with Gasteiger partial charge in [0.05, 0.1) is 0 Å². The Kier molecular flexibility index (Phi) is 3.37. The molecule has 1 aromatic carbocycles. The van der Waals surface area contributed by atoms with Crippen molar-refractivity contribution in [3.8, 4) is 0 Å². The number of hydrogen-bond donors (Lipinski definition) is 1. The fraction of sp³-hybridized carbons (Fsp3) is 0.538. The highest BCUT2D eigenvalue weighted by molar-refractivity contribution is 7.99. The van der Waals surface area contributed by atoms with Gasteiger partial charge in [0.2, 0.25) is 0 Å². The first-order valence-electron chi connectivity index (χ1n) is 5.64. The topological polar surface area (TPSA) is 26.0 Å². The minimum absolute atomic E-state index is 0.523. The molecule has 0 spiro atoms. The van der Waals surface area contributed by atoms with Crippen molar-refractivity contribution in [2.24, 2.45) is 11.1 Å². The number of hydrogen-bond acceptors (Lipinski definition) is 2. The van der Waals surface area contributed by atoms with Gasteiger partial charge in [0.25, 0.3) is 0 Å². The van der Waals surface area contributed by atoms with Gasteiger partial charge in [-0.05, 0) is 55.5 Å². The predicted octanol–water partition coefficient (Wildman–Crippen LogP) is 3.22. The SMILES string of the molecule is Cc1ccccc1SCCC1(CN)CC1. The van der Waals surface area contributed by atoms with Crippen molar-refractivity contribution in [3.63, 3.8) is 0 Å². The second-order valence-electron chi connectivity index (χ2n) is 4.57. The molecule has 2 rings (SSSR count). The van der Waals surface area contributed by atoms with Crippen LogP contribution in [0.2, 0.25) is 0 Å². The Labute approximate surface area is 96.4 Å². The maximum Gasteiger partial charge on any atom is 0.0101 e. The Morgan fingerprint density at radius 2 is 2.07 bits per heavy atom. The third-order valence-electron chi connectivity index (χ3n) is 3.37. The molecule has 1 aliphatic carbocycles. The van der Waals surface area contributed by atoms with Crippen molar-refractivity contribution in [3.05, 3.63) is 29.8 Å². The normalized spacial score (nSPS) is 17.7. The molecule has 0 unspecified atom stereocenters. The fourth-order valence-corrected chi connectivity index (χ4v) is 3.05. The first kappa shape index (κ1) is 11.0. The molecule has 0 bridgehead atoms. The molecule has 15 heavy (non-hydrogen) atoms. The van der Waals surface area contributed by atoms with Gasteiger partial charge in [-0.2, -0.15) is 0 Å². The second-order valence-corrected chi connectivity index (χ2v) is 5.70. The molecule has 1 aliphatic rings. The van der Waals surface area contributed by atoms with Crippen LogP contribution in [0, 0.1) is 12.3 Å². The van der Waals surface area contributed by atoms with E-state index in [0.717, 1.165) is 6.54 Å². The van der Waals surface area contributed by atoms with E-state index in [1.165, 1.54) is 35.5 Å². The molecule has 2 heteroatoms. The van der Waals surface area contributed by atoms with Crippen molar-refractivity contribution < 1.29 is 0 Å². The molecule has 1 saturated carbocycles. The van der Waals surface area contributed by atoms with Gasteiger partial charge < -0.3 is 5.73 Å². The van der Waals surface area contributed by atoms with Crippen LogP contribution >= 0.6 is 11.8 Å². The van der Waals surface area contributed by atoms with E-state index in [-0.39, 0.29) is 0 Å². The molecule has 0 amide bonds. The monoisotopic (exact) mass is 221 g/mol. The van der Waals surface area contributed by atoms with E-state index >= 15 is 0 Å². The van der Waals surface area contributed by atoms with Crippen LogP contribution in [0.15, 0.2) is 29.2 Å². The Morgan fingerprint density at radius 3 is 2.67 bits per heavy atom. The van der Waals surface area contributed by atoms with Crippen LogP contribution in [0.4, 0.5) is 0 Å².